The lowest BCUT2D eigenvalue weighted by Gasteiger charge is -2.21. The molecule has 112 valence electrons. The minimum Gasteiger partial charge on any atom is -0.452 e. The van der Waals surface area contributed by atoms with Gasteiger partial charge in [-0.3, -0.25) is 4.79 Å². The van der Waals surface area contributed by atoms with Crippen LogP contribution in [0.2, 0.25) is 0 Å². The Hall–Kier alpha value is -0.140. The van der Waals surface area contributed by atoms with Crippen LogP contribution in [-0.4, -0.2) is 49.5 Å². The van der Waals surface area contributed by atoms with Crippen molar-refractivity contribution in [3.8, 4) is 0 Å². The summed E-state index contributed by atoms with van der Waals surface area (Å²) in [6.45, 7) is 6.42. The number of amides is 2. The zero-order chi connectivity index (χ0) is 14.9. The van der Waals surface area contributed by atoms with Crippen LogP contribution in [0.25, 0.3) is 0 Å². The lowest BCUT2D eigenvalue weighted by molar-refractivity contribution is -0.126. The summed E-state index contributed by atoms with van der Waals surface area (Å²) in [5.41, 5.74) is -2.51. The van der Waals surface area contributed by atoms with Gasteiger partial charge in [0.2, 0.25) is 11.6 Å². The molecule has 0 heterocycles. The van der Waals surface area contributed by atoms with Crippen LogP contribution in [0.15, 0.2) is 0 Å². The fourth-order valence-corrected chi connectivity index (χ4v) is 5.43. The first-order chi connectivity index (χ1) is 8.94. The molecular formula is C10H20NO5PS2. The van der Waals surface area contributed by atoms with E-state index in [9.17, 15) is 9.59 Å². The quantitative estimate of drug-likeness (QED) is 0.634. The molecule has 0 atom stereocenters. The number of hydrogen-bond acceptors (Lipinski definition) is 7. The standard InChI is InChI=1S/C10H20NO5PS2/c1-5-11(10(13)14-4)9(12)8-19-17(18,15-6-2)16-7-3/h5-8H2,1-4H3. The van der Waals surface area contributed by atoms with Crippen molar-refractivity contribution in [2.45, 2.75) is 20.8 Å². The van der Waals surface area contributed by atoms with E-state index in [1.165, 1.54) is 7.11 Å². The highest BCUT2D eigenvalue weighted by atomic mass is 32.9. The van der Waals surface area contributed by atoms with Crippen LogP contribution in [0.5, 0.6) is 0 Å². The molecule has 2 amide bonds. The Bertz CT molecular complexity index is 343. The lowest BCUT2D eigenvalue weighted by atomic mass is 10.5. The first-order valence-corrected chi connectivity index (χ1v) is 10.1. The van der Waals surface area contributed by atoms with E-state index >= 15 is 0 Å². The number of nitrogens with zero attached hydrogens (tertiary/aromatic N) is 1. The first kappa shape index (κ1) is 18.9. The Kier molecular flexibility index (Phi) is 9.64. The van der Waals surface area contributed by atoms with Gasteiger partial charge in [0.25, 0.3) is 0 Å². The van der Waals surface area contributed by atoms with Gasteiger partial charge in [-0.05, 0) is 32.6 Å². The Labute approximate surface area is 123 Å². The Morgan fingerprint density at radius 2 is 1.74 bits per heavy atom. The molecule has 0 rings (SSSR count). The number of imide groups is 1. The van der Waals surface area contributed by atoms with Crippen molar-refractivity contribution in [1.82, 2.24) is 4.90 Å². The molecule has 0 bridgehead atoms. The number of carbonyl (C=O) groups is 2. The summed E-state index contributed by atoms with van der Waals surface area (Å²) in [7, 11) is 1.23. The molecule has 0 spiro atoms. The summed E-state index contributed by atoms with van der Waals surface area (Å²) < 4.78 is 15.3. The number of carbonyl (C=O) groups excluding carboxylic acids is 2. The summed E-state index contributed by atoms with van der Waals surface area (Å²) in [6, 6.07) is 0. The predicted octanol–water partition coefficient (Wildman–Crippen LogP) is 2.63. The van der Waals surface area contributed by atoms with Crippen molar-refractivity contribution in [2.24, 2.45) is 0 Å². The highest BCUT2D eigenvalue weighted by Crippen LogP contribution is 2.60. The fourth-order valence-electron chi connectivity index (χ4n) is 1.16. The van der Waals surface area contributed by atoms with Crippen LogP contribution < -0.4 is 0 Å². The molecule has 9 heteroatoms. The van der Waals surface area contributed by atoms with Crippen LogP contribution >= 0.6 is 17.1 Å². The molecule has 0 aliphatic rings. The van der Waals surface area contributed by atoms with E-state index in [0.717, 1.165) is 16.3 Å². The van der Waals surface area contributed by atoms with Gasteiger partial charge in [-0.25, -0.2) is 9.69 Å². The van der Waals surface area contributed by atoms with Crippen molar-refractivity contribution in [1.29, 1.82) is 0 Å². The number of ether oxygens (including phenoxy) is 1. The lowest BCUT2D eigenvalue weighted by Crippen LogP contribution is -2.37. The zero-order valence-corrected chi connectivity index (χ0v) is 14.1. The van der Waals surface area contributed by atoms with Crippen LogP contribution in [0.3, 0.4) is 0 Å². The van der Waals surface area contributed by atoms with E-state index in [0.29, 0.717) is 13.2 Å². The average Bonchev–Trinajstić information content (AvgIpc) is 2.37. The van der Waals surface area contributed by atoms with Gasteiger partial charge in [-0.1, -0.05) is 11.4 Å². The summed E-state index contributed by atoms with van der Waals surface area (Å²) in [5.74, 6) is -0.340. The minimum atomic E-state index is -2.51. The molecule has 0 N–H and O–H groups in total. The van der Waals surface area contributed by atoms with Crippen LogP contribution in [0, 0.1) is 0 Å². The molecule has 6 nitrogen and oxygen atoms in total. The van der Waals surface area contributed by atoms with Gasteiger partial charge in [0.05, 0.1) is 26.1 Å². The second-order valence-electron chi connectivity index (χ2n) is 3.16. The van der Waals surface area contributed by atoms with E-state index in [1.54, 1.807) is 6.92 Å². The summed E-state index contributed by atoms with van der Waals surface area (Å²) in [6.07, 6.45) is -0.672. The molecule has 0 saturated heterocycles. The van der Waals surface area contributed by atoms with Gasteiger partial charge < -0.3 is 13.8 Å². The van der Waals surface area contributed by atoms with Gasteiger partial charge in [-0.15, -0.1) is 0 Å². The van der Waals surface area contributed by atoms with Crippen LogP contribution in [-0.2, 0) is 30.4 Å². The zero-order valence-electron chi connectivity index (χ0n) is 11.6. The molecule has 19 heavy (non-hydrogen) atoms. The van der Waals surface area contributed by atoms with Crippen molar-refractivity contribution >= 4 is 40.9 Å². The van der Waals surface area contributed by atoms with E-state index in [2.05, 4.69) is 4.74 Å². The third-order valence-electron chi connectivity index (χ3n) is 1.93. The maximum atomic E-state index is 11.9. The van der Waals surface area contributed by atoms with E-state index in [-0.39, 0.29) is 18.2 Å². The topological polar surface area (TPSA) is 65.1 Å². The normalized spacial score (nSPS) is 11.2. The summed E-state index contributed by atoms with van der Waals surface area (Å²) in [4.78, 5) is 24.3. The third kappa shape index (κ3) is 6.72. The monoisotopic (exact) mass is 329 g/mol. The maximum Gasteiger partial charge on any atom is 0.416 e. The van der Waals surface area contributed by atoms with Gasteiger partial charge in [0, 0.05) is 6.54 Å². The van der Waals surface area contributed by atoms with Gasteiger partial charge >= 0.3 is 6.09 Å². The molecule has 0 aromatic carbocycles. The molecular weight excluding hydrogens is 309 g/mol. The summed E-state index contributed by atoms with van der Waals surface area (Å²) in [5, 5.41) is 0. The Balaban J connectivity index is 4.54. The van der Waals surface area contributed by atoms with Crippen molar-refractivity contribution < 1.29 is 23.4 Å². The van der Waals surface area contributed by atoms with Gasteiger partial charge in [-0.2, -0.15) is 0 Å². The Morgan fingerprint density at radius 1 is 1.21 bits per heavy atom. The molecule has 0 saturated carbocycles. The van der Waals surface area contributed by atoms with Crippen LogP contribution in [0.4, 0.5) is 4.79 Å². The molecule has 0 unspecified atom stereocenters. The molecule has 0 aromatic rings. The fraction of sp³-hybridized carbons (Fsp3) is 0.800. The van der Waals surface area contributed by atoms with Crippen LogP contribution in [0.1, 0.15) is 20.8 Å². The van der Waals surface area contributed by atoms with Crippen molar-refractivity contribution in [3.05, 3.63) is 0 Å². The maximum absolute atomic E-state index is 11.9. The minimum absolute atomic E-state index is 0.0280. The van der Waals surface area contributed by atoms with Crippen molar-refractivity contribution in [2.75, 3.05) is 32.6 Å². The second kappa shape index (κ2) is 9.72. The number of hydrogen-bond donors (Lipinski definition) is 0. The molecule has 0 aromatic heterocycles. The highest BCUT2D eigenvalue weighted by Gasteiger charge is 2.25. The molecule has 0 aliphatic carbocycles. The van der Waals surface area contributed by atoms with Gasteiger partial charge in [0.1, 0.15) is 0 Å². The molecule has 0 radical (unpaired) electrons. The predicted molar refractivity (Wildman–Crippen MR) is 79.8 cm³/mol. The van der Waals surface area contributed by atoms with Crippen molar-refractivity contribution in [3.63, 3.8) is 0 Å². The van der Waals surface area contributed by atoms with E-state index in [4.69, 9.17) is 20.9 Å². The van der Waals surface area contributed by atoms with Gasteiger partial charge in [0.15, 0.2) is 0 Å². The SMILES string of the molecule is CCOP(=S)(OCC)SCC(=O)N(CC)C(=O)OC. The van der Waals surface area contributed by atoms with E-state index in [1.807, 2.05) is 13.8 Å². The smallest absolute Gasteiger partial charge is 0.416 e. The Morgan fingerprint density at radius 3 is 2.11 bits per heavy atom. The first-order valence-electron chi connectivity index (χ1n) is 5.86. The third-order valence-corrected chi connectivity index (χ3v) is 7.32. The molecule has 0 aliphatic heterocycles. The highest BCUT2D eigenvalue weighted by molar-refractivity contribution is 8.68. The number of methoxy groups -OCH3 is 1. The average molecular weight is 329 g/mol. The summed E-state index contributed by atoms with van der Waals surface area (Å²) >= 11 is 6.41. The largest absolute Gasteiger partial charge is 0.452 e. The van der Waals surface area contributed by atoms with E-state index < -0.39 is 11.8 Å². The number of rotatable bonds is 8. The second-order valence-corrected chi connectivity index (χ2v) is 9.47. The molecule has 0 fully saturated rings.